The van der Waals surface area contributed by atoms with E-state index in [1.165, 1.54) is 9.70 Å². The minimum absolute atomic E-state index is 0.131. The first-order valence-corrected chi connectivity index (χ1v) is 10.7. The summed E-state index contributed by atoms with van der Waals surface area (Å²) in [7, 11) is 0. The van der Waals surface area contributed by atoms with E-state index in [1.54, 1.807) is 6.92 Å². The van der Waals surface area contributed by atoms with Crippen LogP contribution in [0.4, 0.5) is 4.79 Å². The number of hydrogen-bond donors (Lipinski definition) is 2. The normalized spacial score (nSPS) is 17.5. The van der Waals surface area contributed by atoms with Crippen LogP contribution in [-0.2, 0) is 4.79 Å². The van der Waals surface area contributed by atoms with Crippen LogP contribution >= 0.6 is 0 Å². The van der Waals surface area contributed by atoms with E-state index in [-0.39, 0.29) is 30.1 Å². The van der Waals surface area contributed by atoms with Crippen LogP contribution in [0.2, 0.25) is 0 Å². The number of carbonyl (C=O) groups excluding carboxylic acids is 3. The van der Waals surface area contributed by atoms with Gasteiger partial charge in [0.25, 0.3) is 11.8 Å². The average molecular weight is 425 g/mol. The van der Waals surface area contributed by atoms with Crippen molar-refractivity contribution in [1.29, 1.82) is 0 Å². The Labute approximate surface area is 181 Å². The molecule has 4 rings (SSSR count). The highest BCUT2D eigenvalue weighted by molar-refractivity contribution is 6.07. The van der Waals surface area contributed by atoms with Gasteiger partial charge in [0.2, 0.25) is 0 Å². The van der Waals surface area contributed by atoms with Gasteiger partial charge in [-0.2, -0.15) is 9.90 Å². The standard InChI is InChI=1S/C22H28N6O3/c1-14-7-8-17(15(2)13-14)28-25-16(3)18(26-28)19(29)23-11-6-12-27-20(30)22(24-21(27)31)9-4-5-10-22/h7-8,13H,4-6,9-12H2,1-3H3,(H,23,29)(H,24,31). The van der Waals surface area contributed by atoms with Crippen LogP contribution in [0.1, 0.15) is 59.4 Å². The number of aryl methyl sites for hydroxylation is 3. The topological polar surface area (TPSA) is 109 Å². The van der Waals surface area contributed by atoms with Gasteiger partial charge in [0.1, 0.15) is 5.54 Å². The predicted molar refractivity (Wildman–Crippen MR) is 114 cm³/mol. The van der Waals surface area contributed by atoms with Crippen LogP contribution < -0.4 is 10.6 Å². The summed E-state index contributed by atoms with van der Waals surface area (Å²) in [6.07, 6.45) is 3.81. The smallest absolute Gasteiger partial charge is 0.325 e. The summed E-state index contributed by atoms with van der Waals surface area (Å²) in [4.78, 5) is 40.2. The predicted octanol–water partition coefficient (Wildman–Crippen LogP) is 2.18. The fraction of sp³-hybridized carbons (Fsp3) is 0.500. The number of amides is 4. The summed E-state index contributed by atoms with van der Waals surface area (Å²) < 4.78 is 0. The lowest BCUT2D eigenvalue weighted by atomic mass is 9.98. The number of benzene rings is 1. The third kappa shape index (κ3) is 3.92. The molecule has 9 heteroatoms. The van der Waals surface area contributed by atoms with Crippen molar-refractivity contribution < 1.29 is 14.4 Å². The lowest BCUT2D eigenvalue weighted by molar-refractivity contribution is -0.131. The number of aromatic nitrogens is 3. The van der Waals surface area contributed by atoms with Crippen molar-refractivity contribution in [2.45, 2.75) is 58.4 Å². The molecule has 9 nitrogen and oxygen atoms in total. The molecule has 1 aromatic heterocycles. The van der Waals surface area contributed by atoms with Gasteiger partial charge in [-0.3, -0.25) is 14.5 Å². The van der Waals surface area contributed by atoms with E-state index in [4.69, 9.17) is 0 Å². The second-order valence-electron chi connectivity index (χ2n) is 8.50. The minimum atomic E-state index is -0.690. The SMILES string of the molecule is Cc1ccc(-n2nc(C)c(C(=O)NCCCN3C(=O)NC4(CCCC4)C3=O)n2)c(C)c1. The molecular formula is C22H28N6O3. The lowest BCUT2D eigenvalue weighted by Gasteiger charge is -2.20. The van der Waals surface area contributed by atoms with Gasteiger partial charge in [0, 0.05) is 13.1 Å². The Bertz CT molecular complexity index is 1040. The molecule has 1 saturated heterocycles. The van der Waals surface area contributed by atoms with Crippen LogP contribution in [0.25, 0.3) is 5.69 Å². The van der Waals surface area contributed by atoms with Gasteiger partial charge < -0.3 is 10.6 Å². The molecule has 4 amide bonds. The Kier molecular flexibility index (Phi) is 5.51. The van der Waals surface area contributed by atoms with E-state index < -0.39 is 5.54 Å². The molecule has 2 aromatic rings. The number of nitrogens with one attached hydrogen (secondary N) is 2. The van der Waals surface area contributed by atoms with Crippen molar-refractivity contribution in [2.75, 3.05) is 13.1 Å². The van der Waals surface area contributed by atoms with Crippen molar-refractivity contribution in [1.82, 2.24) is 30.5 Å². The van der Waals surface area contributed by atoms with Gasteiger partial charge in [-0.05, 0) is 51.7 Å². The van der Waals surface area contributed by atoms with Gasteiger partial charge in [-0.25, -0.2) is 4.79 Å². The number of urea groups is 1. The molecule has 1 spiro atoms. The molecule has 164 valence electrons. The highest BCUT2D eigenvalue weighted by Crippen LogP contribution is 2.34. The first kappa shape index (κ1) is 21.0. The maximum Gasteiger partial charge on any atom is 0.325 e. The second kappa shape index (κ2) is 8.13. The summed E-state index contributed by atoms with van der Waals surface area (Å²) in [5.74, 6) is -0.452. The molecule has 0 radical (unpaired) electrons. The van der Waals surface area contributed by atoms with Gasteiger partial charge >= 0.3 is 6.03 Å². The molecule has 31 heavy (non-hydrogen) atoms. The first-order chi connectivity index (χ1) is 14.8. The molecule has 1 aliphatic heterocycles. The van der Waals surface area contributed by atoms with Crippen molar-refractivity contribution in [3.63, 3.8) is 0 Å². The number of rotatable bonds is 6. The van der Waals surface area contributed by atoms with E-state index in [0.717, 1.165) is 29.7 Å². The Morgan fingerprint density at radius 1 is 1.16 bits per heavy atom. The number of imide groups is 1. The third-order valence-electron chi connectivity index (χ3n) is 6.11. The highest BCUT2D eigenvalue weighted by atomic mass is 16.2. The molecule has 2 heterocycles. The molecule has 0 atom stereocenters. The lowest BCUT2D eigenvalue weighted by Crippen LogP contribution is -2.44. The Morgan fingerprint density at radius 3 is 2.61 bits per heavy atom. The van der Waals surface area contributed by atoms with Crippen LogP contribution in [0, 0.1) is 20.8 Å². The van der Waals surface area contributed by atoms with Crippen LogP contribution in [-0.4, -0.2) is 56.4 Å². The summed E-state index contributed by atoms with van der Waals surface area (Å²) in [5.41, 5.74) is 3.11. The number of hydrogen-bond acceptors (Lipinski definition) is 5. The zero-order chi connectivity index (χ0) is 22.2. The molecule has 1 aromatic carbocycles. The van der Waals surface area contributed by atoms with E-state index in [2.05, 4.69) is 20.8 Å². The van der Waals surface area contributed by atoms with Gasteiger partial charge in [0.05, 0.1) is 11.4 Å². The largest absolute Gasteiger partial charge is 0.351 e. The Hall–Kier alpha value is -3.23. The Morgan fingerprint density at radius 2 is 1.90 bits per heavy atom. The summed E-state index contributed by atoms with van der Waals surface area (Å²) >= 11 is 0. The molecular weight excluding hydrogens is 396 g/mol. The molecule has 1 saturated carbocycles. The van der Waals surface area contributed by atoms with Gasteiger partial charge in [0.15, 0.2) is 5.69 Å². The van der Waals surface area contributed by atoms with Gasteiger partial charge in [-0.1, -0.05) is 30.5 Å². The molecule has 2 N–H and O–H groups in total. The van der Waals surface area contributed by atoms with Crippen molar-refractivity contribution in [3.8, 4) is 5.69 Å². The average Bonchev–Trinajstić information content (AvgIpc) is 3.40. The highest BCUT2D eigenvalue weighted by Gasteiger charge is 2.51. The van der Waals surface area contributed by atoms with E-state index in [0.29, 0.717) is 31.5 Å². The van der Waals surface area contributed by atoms with Crippen LogP contribution in [0.5, 0.6) is 0 Å². The van der Waals surface area contributed by atoms with Crippen molar-refractivity contribution in [3.05, 3.63) is 40.7 Å². The van der Waals surface area contributed by atoms with E-state index in [9.17, 15) is 14.4 Å². The zero-order valence-electron chi connectivity index (χ0n) is 18.2. The van der Waals surface area contributed by atoms with E-state index >= 15 is 0 Å². The maximum atomic E-state index is 12.7. The Balaban J connectivity index is 1.33. The molecule has 1 aliphatic carbocycles. The fourth-order valence-electron chi connectivity index (χ4n) is 4.45. The zero-order valence-corrected chi connectivity index (χ0v) is 18.2. The number of nitrogens with zero attached hydrogens (tertiary/aromatic N) is 4. The summed E-state index contributed by atoms with van der Waals surface area (Å²) in [6.45, 7) is 6.35. The fourth-order valence-corrected chi connectivity index (χ4v) is 4.45. The third-order valence-corrected chi connectivity index (χ3v) is 6.11. The van der Waals surface area contributed by atoms with Crippen molar-refractivity contribution in [2.24, 2.45) is 0 Å². The van der Waals surface area contributed by atoms with Crippen molar-refractivity contribution >= 4 is 17.8 Å². The quantitative estimate of drug-likeness (QED) is 0.546. The van der Waals surface area contributed by atoms with Crippen LogP contribution in [0.3, 0.4) is 0 Å². The molecule has 0 unspecified atom stereocenters. The first-order valence-electron chi connectivity index (χ1n) is 10.7. The minimum Gasteiger partial charge on any atom is -0.351 e. The second-order valence-corrected chi connectivity index (χ2v) is 8.50. The summed E-state index contributed by atoms with van der Waals surface area (Å²) in [6, 6.07) is 5.62. The molecule has 2 fully saturated rings. The summed E-state index contributed by atoms with van der Waals surface area (Å²) in [5, 5.41) is 14.4. The number of carbonyl (C=O) groups is 3. The molecule has 2 aliphatic rings. The monoisotopic (exact) mass is 424 g/mol. The van der Waals surface area contributed by atoms with Crippen LogP contribution in [0.15, 0.2) is 18.2 Å². The van der Waals surface area contributed by atoms with Gasteiger partial charge in [-0.15, -0.1) is 5.10 Å². The van der Waals surface area contributed by atoms with E-state index in [1.807, 2.05) is 32.0 Å². The molecule has 0 bridgehead atoms. The maximum absolute atomic E-state index is 12.7.